The smallest absolute Gasteiger partial charge is 0.143 e. The number of carbonyl (C=O) groups is 1. The summed E-state index contributed by atoms with van der Waals surface area (Å²) in [5.41, 5.74) is 2.06. The van der Waals surface area contributed by atoms with Gasteiger partial charge >= 0.3 is 0 Å². The zero-order chi connectivity index (χ0) is 10.4. The highest BCUT2D eigenvalue weighted by atomic mass is 16.1. The summed E-state index contributed by atoms with van der Waals surface area (Å²) in [5.74, 6) is 6.89. The summed E-state index contributed by atoms with van der Waals surface area (Å²) in [5, 5.41) is 0. The molecule has 0 aromatic heterocycles. The number of hydrogen-bond acceptors (Lipinski definition) is 1. The Balaban J connectivity index is 2.60. The molecule has 1 atom stereocenters. The molecule has 0 N–H and O–H groups in total. The highest BCUT2D eigenvalue weighted by Gasteiger charge is 2.07. The lowest BCUT2D eigenvalue weighted by atomic mass is 9.91. The predicted octanol–water partition coefficient (Wildman–Crippen LogP) is 2.88. The van der Waals surface area contributed by atoms with Crippen molar-refractivity contribution in [3.63, 3.8) is 0 Å². The molecule has 0 aromatic carbocycles. The summed E-state index contributed by atoms with van der Waals surface area (Å²) >= 11 is 0. The summed E-state index contributed by atoms with van der Waals surface area (Å²) < 4.78 is 0. The van der Waals surface area contributed by atoms with Crippen LogP contribution in [0.25, 0.3) is 0 Å². The number of aldehydes is 1. The fourth-order valence-electron chi connectivity index (χ4n) is 1.40. The van der Waals surface area contributed by atoms with Crippen LogP contribution in [0.5, 0.6) is 0 Å². The van der Waals surface area contributed by atoms with Crippen LogP contribution in [-0.4, -0.2) is 6.29 Å². The normalized spacial score (nSPS) is 22.0. The van der Waals surface area contributed by atoms with E-state index in [1.165, 1.54) is 18.1 Å². The lowest BCUT2D eigenvalue weighted by Gasteiger charge is -2.14. The molecule has 0 spiro atoms. The van der Waals surface area contributed by atoms with Gasteiger partial charge in [0.25, 0.3) is 0 Å². The van der Waals surface area contributed by atoms with E-state index in [9.17, 15) is 4.79 Å². The fraction of sp³-hybridized carbons (Fsp3) is 0.462. The van der Waals surface area contributed by atoms with Crippen LogP contribution in [0.1, 0.15) is 33.1 Å². The van der Waals surface area contributed by atoms with Crippen LogP contribution < -0.4 is 0 Å². The van der Waals surface area contributed by atoms with Crippen molar-refractivity contribution in [1.82, 2.24) is 0 Å². The monoisotopic (exact) mass is 188 g/mol. The summed E-state index contributed by atoms with van der Waals surface area (Å²) in [6.07, 6.45) is 7.95. The Hall–Kier alpha value is -1.29. The van der Waals surface area contributed by atoms with E-state index in [1.807, 2.05) is 6.92 Å². The molecule has 1 nitrogen and oxygen atoms in total. The van der Waals surface area contributed by atoms with Crippen LogP contribution in [0.15, 0.2) is 23.3 Å². The minimum Gasteiger partial charge on any atom is -0.299 e. The Morgan fingerprint density at radius 2 is 2.43 bits per heavy atom. The molecule has 1 aliphatic rings. The van der Waals surface area contributed by atoms with E-state index in [0.717, 1.165) is 30.6 Å². The summed E-state index contributed by atoms with van der Waals surface area (Å²) in [7, 11) is 0. The highest BCUT2D eigenvalue weighted by molar-refractivity contribution is 5.67. The number of rotatable bonds is 1. The molecule has 0 aromatic rings. The number of hydrogen-bond donors (Lipinski definition) is 0. The van der Waals surface area contributed by atoms with Crippen molar-refractivity contribution in [3.8, 4) is 11.8 Å². The SMILES string of the molecule is C/C(C#CC1=CCC(C)CC1)=C\C=O. The minimum atomic E-state index is 0.779. The molecule has 1 rings (SSSR count). The first kappa shape index (κ1) is 10.8. The lowest BCUT2D eigenvalue weighted by molar-refractivity contribution is -0.104. The largest absolute Gasteiger partial charge is 0.299 e. The second-order valence-electron chi connectivity index (χ2n) is 3.84. The van der Waals surface area contributed by atoms with Crippen molar-refractivity contribution in [2.24, 2.45) is 5.92 Å². The van der Waals surface area contributed by atoms with Crippen molar-refractivity contribution in [1.29, 1.82) is 0 Å². The first-order valence-corrected chi connectivity index (χ1v) is 5.05. The van der Waals surface area contributed by atoms with Crippen LogP contribution in [0.4, 0.5) is 0 Å². The van der Waals surface area contributed by atoms with E-state index in [1.54, 1.807) is 0 Å². The average molecular weight is 188 g/mol. The maximum Gasteiger partial charge on any atom is 0.143 e. The van der Waals surface area contributed by atoms with Gasteiger partial charge in [-0.25, -0.2) is 0 Å². The van der Waals surface area contributed by atoms with Crippen molar-refractivity contribution >= 4 is 6.29 Å². The van der Waals surface area contributed by atoms with Crippen LogP contribution >= 0.6 is 0 Å². The molecule has 0 saturated heterocycles. The molecule has 14 heavy (non-hydrogen) atoms. The number of carbonyl (C=O) groups excluding carboxylic acids is 1. The Morgan fingerprint density at radius 1 is 1.64 bits per heavy atom. The zero-order valence-corrected chi connectivity index (χ0v) is 8.84. The number of allylic oxidation sites excluding steroid dienone is 4. The zero-order valence-electron chi connectivity index (χ0n) is 8.84. The van der Waals surface area contributed by atoms with E-state index in [2.05, 4.69) is 24.8 Å². The molecule has 0 saturated carbocycles. The van der Waals surface area contributed by atoms with Gasteiger partial charge in [0.1, 0.15) is 6.29 Å². The van der Waals surface area contributed by atoms with E-state index in [0.29, 0.717) is 0 Å². The summed E-state index contributed by atoms with van der Waals surface area (Å²) in [6.45, 7) is 4.12. The van der Waals surface area contributed by atoms with Crippen molar-refractivity contribution in [2.75, 3.05) is 0 Å². The van der Waals surface area contributed by atoms with E-state index in [-0.39, 0.29) is 0 Å². The molecule has 0 bridgehead atoms. The molecule has 0 heterocycles. The Kier molecular flexibility index (Phi) is 4.19. The Bertz CT molecular complexity index is 323. The van der Waals surface area contributed by atoms with Crippen LogP contribution in [0.2, 0.25) is 0 Å². The third-order valence-electron chi connectivity index (χ3n) is 2.41. The fourth-order valence-corrected chi connectivity index (χ4v) is 1.40. The molecule has 0 aliphatic heterocycles. The third kappa shape index (κ3) is 3.62. The topological polar surface area (TPSA) is 17.1 Å². The van der Waals surface area contributed by atoms with Crippen molar-refractivity contribution in [2.45, 2.75) is 33.1 Å². The second-order valence-corrected chi connectivity index (χ2v) is 3.84. The van der Waals surface area contributed by atoms with Crippen LogP contribution in [0.3, 0.4) is 0 Å². The highest BCUT2D eigenvalue weighted by Crippen LogP contribution is 2.22. The van der Waals surface area contributed by atoms with Crippen molar-refractivity contribution in [3.05, 3.63) is 23.3 Å². The predicted molar refractivity (Wildman–Crippen MR) is 58.7 cm³/mol. The molecule has 1 aliphatic carbocycles. The Morgan fingerprint density at radius 3 is 3.00 bits per heavy atom. The van der Waals surface area contributed by atoms with Gasteiger partial charge in [-0.15, -0.1) is 0 Å². The van der Waals surface area contributed by atoms with Gasteiger partial charge < -0.3 is 0 Å². The van der Waals surface area contributed by atoms with Gasteiger partial charge in [0.05, 0.1) is 0 Å². The first-order valence-electron chi connectivity index (χ1n) is 5.05. The van der Waals surface area contributed by atoms with Gasteiger partial charge in [-0.2, -0.15) is 0 Å². The van der Waals surface area contributed by atoms with E-state index in [4.69, 9.17) is 0 Å². The van der Waals surface area contributed by atoms with Crippen LogP contribution in [-0.2, 0) is 4.79 Å². The second kappa shape index (κ2) is 5.44. The quantitative estimate of drug-likeness (QED) is 0.351. The molecular formula is C13H16O. The third-order valence-corrected chi connectivity index (χ3v) is 2.41. The first-order chi connectivity index (χ1) is 6.72. The minimum absolute atomic E-state index is 0.779. The van der Waals surface area contributed by atoms with Crippen molar-refractivity contribution < 1.29 is 4.79 Å². The van der Waals surface area contributed by atoms with E-state index >= 15 is 0 Å². The van der Waals surface area contributed by atoms with Gasteiger partial charge in [-0.3, -0.25) is 4.79 Å². The maximum absolute atomic E-state index is 10.2. The molecular weight excluding hydrogens is 172 g/mol. The lowest BCUT2D eigenvalue weighted by Crippen LogP contribution is -1.99. The maximum atomic E-state index is 10.2. The van der Waals surface area contributed by atoms with E-state index < -0.39 is 0 Å². The van der Waals surface area contributed by atoms with Gasteiger partial charge in [0.15, 0.2) is 0 Å². The van der Waals surface area contributed by atoms with Gasteiger partial charge in [0.2, 0.25) is 0 Å². The molecule has 0 amide bonds. The molecule has 0 radical (unpaired) electrons. The molecule has 74 valence electrons. The van der Waals surface area contributed by atoms with Gasteiger partial charge in [-0.1, -0.05) is 24.8 Å². The molecule has 1 unspecified atom stereocenters. The van der Waals surface area contributed by atoms with Gasteiger partial charge in [-0.05, 0) is 43.8 Å². The average Bonchev–Trinajstić information content (AvgIpc) is 2.17. The van der Waals surface area contributed by atoms with Crippen LogP contribution in [0, 0.1) is 17.8 Å². The van der Waals surface area contributed by atoms with Gasteiger partial charge in [0, 0.05) is 5.57 Å². The standard InChI is InChI=1S/C13H16O/c1-11-3-6-13(7-4-11)8-5-12(2)9-10-14/h6,9-11H,3-4,7H2,1-2H3/b12-9+. The summed E-state index contributed by atoms with van der Waals surface area (Å²) in [4.78, 5) is 10.2. The summed E-state index contributed by atoms with van der Waals surface area (Å²) in [6, 6.07) is 0. The molecule has 1 heteroatoms. The Labute approximate surface area is 85.9 Å². The molecule has 0 fully saturated rings.